The zero-order valence-corrected chi connectivity index (χ0v) is 15.5. The van der Waals surface area contributed by atoms with E-state index < -0.39 is 0 Å². The van der Waals surface area contributed by atoms with Crippen LogP contribution in [-0.4, -0.2) is 32.3 Å². The van der Waals surface area contributed by atoms with Crippen LogP contribution in [0.15, 0.2) is 54.9 Å². The molecule has 142 valence electrons. The molecule has 1 saturated heterocycles. The number of amides is 1. The third-order valence-electron chi connectivity index (χ3n) is 4.77. The fraction of sp³-hybridized carbons (Fsp3) is 0.238. The van der Waals surface area contributed by atoms with Crippen LogP contribution in [0.25, 0.3) is 0 Å². The first kappa shape index (κ1) is 18.0. The van der Waals surface area contributed by atoms with Gasteiger partial charge in [0.1, 0.15) is 11.6 Å². The van der Waals surface area contributed by atoms with Gasteiger partial charge in [-0.05, 0) is 61.7 Å². The molecule has 1 aliphatic heterocycles. The number of nitrogens with one attached hydrogen (secondary N) is 1. The predicted molar refractivity (Wildman–Crippen MR) is 104 cm³/mol. The standard InChI is InChI=1S/C21H20FN5O/c1-14-4-9-19(24-13-14)26-21-23-11-10-17(25-21)18-3-2-12-27(18)20(28)15-5-7-16(22)8-6-15/h4-11,13,18H,2-3,12H2,1H3,(H,23,24,25,26)/t18-/m0/s1. The highest BCUT2D eigenvalue weighted by molar-refractivity contribution is 5.94. The maximum absolute atomic E-state index is 13.2. The summed E-state index contributed by atoms with van der Waals surface area (Å²) in [5.41, 5.74) is 2.32. The van der Waals surface area contributed by atoms with Gasteiger partial charge in [0.05, 0.1) is 11.7 Å². The monoisotopic (exact) mass is 377 g/mol. The van der Waals surface area contributed by atoms with Gasteiger partial charge in [-0.2, -0.15) is 0 Å². The second-order valence-corrected chi connectivity index (χ2v) is 6.81. The van der Waals surface area contributed by atoms with Gasteiger partial charge in [0.15, 0.2) is 0 Å². The molecule has 0 spiro atoms. The lowest BCUT2D eigenvalue weighted by Gasteiger charge is -2.24. The van der Waals surface area contributed by atoms with E-state index >= 15 is 0 Å². The number of pyridine rings is 1. The fourth-order valence-electron chi connectivity index (χ4n) is 3.35. The van der Waals surface area contributed by atoms with Crippen molar-refractivity contribution in [2.45, 2.75) is 25.8 Å². The van der Waals surface area contributed by atoms with Gasteiger partial charge in [0.25, 0.3) is 5.91 Å². The quantitative estimate of drug-likeness (QED) is 0.743. The Bertz CT molecular complexity index is 975. The Morgan fingerprint density at radius 2 is 1.96 bits per heavy atom. The number of aryl methyl sites for hydroxylation is 1. The van der Waals surface area contributed by atoms with E-state index in [0.717, 1.165) is 24.1 Å². The molecule has 3 aromatic rings. The summed E-state index contributed by atoms with van der Waals surface area (Å²) in [5.74, 6) is 0.630. The normalized spacial score (nSPS) is 16.2. The summed E-state index contributed by atoms with van der Waals surface area (Å²) in [6.45, 7) is 2.62. The van der Waals surface area contributed by atoms with E-state index in [4.69, 9.17) is 0 Å². The lowest BCUT2D eigenvalue weighted by Crippen LogP contribution is -2.31. The first-order chi connectivity index (χ1) is 13.6. The molecule has 1 aliphatic rings. The molecule has 28 heavy (non-hydrogen) atoms. The molecule has 7 heteroatoms. The minimum Gasteiger partial charge on any atom is -0.330 e. The highest BCUT2D eigenvalue weighted by Gasteiger charge is 2.31. The van der Waals surface area contributed by atoms with Crippen molar-refractivity contribution in [2.75, 3.05) is 11.9 Å². The minimum atomic E-state index is -0.356. The van der Waals surface area contributed by atoms with Crippen LogP contribution in [0.4, 0.5) is 16.2 Å². The Kier molecular flexibility index (Phi) is 4.97. The maximum atomic E-state index is 13.2. The zero-order chi connectivity index (χ0) is 19.5. The topological polar surface area (TPSA) is 71.0 Å². The molecule has 1 aromatic carbocycles. The van der Waals surface area contributed by atoms with Crippen molar-refractivity contribution >= 4 is 17.7 Å². The van der Waals surface area contributed by atoms with E-state index in [2.05, 4.69) is 20.3 Å². The summed E-state index contributed by atoms with van der Waals surface area (Å²) in [4.78, 5) is 27.8. The molecular formula is C21H20FN5O. The number of nitrogens with zero attached hydrogens (tertiary/aromatic N) is 4. The van der Waals surface area contributed by atoms with Gasteiger partial charge in [0.2, 0.25) is 5.95 Å². The van der Waals surface area contributed by atoms with E-state index in [1.807, 2.05) is 25.1 Å². The second-order valence-electron chi connectivity index (χ2n) is 6.81. The number of likely N-dealkylation sites (tertiary alicyclic amines) is 1. The molecule has 1 fully saturated rings. The first-order valence-corrected chi connectivity index (χ1v) is 9.19. The van der Waals surface area contributed by atoms with Gasteiger partial charge in [-0.3, -0.25) is 4.79 Å². The molecule has 0 unspecified atom stereocenters. The largest absolute Gasteiger partial charge is 0.330 e. The number of hydrogen-bond acceptors (Lipinski definition) is 5. The van der Waals surface area contributed by atoms with Crippen LogP contribution < -0.4 is 5.32 Å². The van der Waals surface area contributed by atoms with Crippen LogP contribution in [0.1, 0.15) is 40.5 Å². The van der Waals surface area contributed by atoms with Gasteiger partial charge >= 0.3 is 0 Å². The number of carbonyl (C=O) groups excluding carboxylic acids is 1. The van der Waals surface area contributed by atoms with Crippen molar-refractivity contribution in [3.63, 3.8) is 0 Å². The third kappa shape index (κ3) is 3.83. The van der Waals surface area contributed by atoms with Crippen molar-refractivity contribution in [1.82, 2.24) is 19.9 Å². The molecule has 0 radical (unpaired) electrons. The van der Waals surface area contributed by atoms with Gasteiger partial charge in [-0.15, -0.1) is 0 Å². The van der Waals surface area contributed by atoms with Crippen molar-refractivity contribution < 1.29 is 9.18 Å². The Balaban J connectivity index is 1.55. The van der Waals surface area contributed by atoms with Gasteiger partial charge in [-0.1, -0.05) is 6.07 Å². The number of hydrogen-bond donors (Lipinski definition) is 1. The lowest BCUT2D eigenvalue weighted by atomic mass is 10.1. The first-order valence-electron chi connectivity index (χ1n) is 9.19. The molecule has 0 bridgehead atoms. The van der Waals surface area contributed by atoms with E-state index in [-0.39, 0.29) is 17.8 Å². The van der Waals surface area contributed by atoms with Crippen molar-refractivity contribution in [3.05, 3.63) is 77.5 Å². The molecule has 0 saturated carbocycles. The van der Waals surface area contributed by atoms with Crippen LogP contribution in [0.3, 0.4) is 0 Å². The van der Waals surface area contributed by atoms with Crippen LogP contribution >= 0.6 is 0 Å². The Hall–Kier alpha value is -3.35. The zero-order valence-electron chi connectivity index (χ0n) is 15.5. The van der Waals surface area contributed by atoms with Crippen molar-refractivity contribution in [2.24, 2.45) is 0 Å². The molecular weight excluding hydrogens is 357 g/mol. The average Bonchev–Trinajstić information content (AvgIpc) is 3.20. The summed E-state index contributed by atoms with van der Waals surface area (Å²) < 4.78 is 13.2. The average molecular weight is 377 g/mol. The minimum absolute atomic E-state index is 0.115. The fourth-order valence-corrected chi connectivity index (χ4v) is 3.35. The second kappa shape index (κ2) is 7.72. The smallest absolute Gasteiger partial charge is 0.254 e. The molecule has 1 N–H and O–H groups in total. The molecule has 1 amide bonds. The summed E-state index contributed by atoms with van der Waals surface area (Å²) in [5, 5.41) is 3.10. The Labute approximate surface area is 162 Å². The number of anilines is 2. The highest BCUT2D eigenvalue weighted by atomic mass is 19.1. The highest BCUT2D eigenvalue weighted by Crippen LogP contribution is 2.32. The predicted octanol–water partition coefficient (Wildman–Crippen LogP) is 4.04. The summed E-state index contributed by atoms with van der Waals surface area (Å²) in [6, 6.07) is 11.2. The van der Waals surface area contributed by atoms with Crippen LogP contribution in [-0.2, 0) is 0 Å². The Morgan fingerprint density at radius 1 is 1.14 bits per heavy atom. The lowest BCUT2D eigenvalue weighted by molar-refractivity contribution is 0.0733. The van der Waals surface area contributed by atoms with E-state index in [0.29, 0.717) is 23.9 Å². The van der Waals surface area contributed by atoms with Crippen LogP contribution in [0, 0.1) is 12.7 Å². The number of rotatable bonds is 4. The van der Waals surface area contributed by atoms with E-state index in [1.165, 1.54) is 24.3 Å². The number of carbonyl (C=O) groups is 1. The molecule has 1 atom stereocenters. The summed E-state index contributed by atoms with van der Waals surface area (Å²) in [7, 11) is 0. The molecule has 0 aliphatic carbocycles. The van der Waals surface area contributed by atoms with Gasteiger partial charge < -0.3 is 10.2 Å². The number of aromatic nitrogens is 3. The van der Waals surface area contributed by atoms with Crippen molar-refractivity contribution in [3.8, 4) is 0 Å². The number of benzene rings is 1. The SMILES string of the molecule is Cc1ccc(Nc2nccc([C@@H]3CCCN3C(=O)c3ccc(F)cc3)n2)nc1. The Morgan fingerprint density at radius 3 is 2.71 bits per heavy atom. The van der Waals surface area contributed by atoms with Crippen molar-refractivity contribution in [1.29, 1.82) is 0 Å². The molecule has 6 nitrogen and oxygen atoms in total. The molecule has 4 rings (SSSR count). The van der Waals surface area contributed by atoms with Gasteiger partial charge in [-0.25, -0.2) is 19.3 Å². The van der Waals surface area contributed by atoms with Crippen LogP contribution in [0.5, 0.6) is 0 Å². The summed E-state index contributed by atoms with van der Waals surface area (Å²) >= 11 is 0. The molecule has 3 heterocycles. The van der Waals surface area contributed by atoms with E-state index in [1.54, 1.807) is 17.3 Å². The molecule has 2 aromatic heterocycles. The number of halogens is 1. The van der Waals surface area contributed by atoms with Crippen LogP contribution in [0.2, 0.25) is 0 Å². The maximum Gasteiger partial charge on any atom is 0.254 e. The van der Waals surface area contributed by atoms with E-state index in [9.17, 15) is 9.18 Å². The van der Waals surface area contributed by atoms with Gasteiger partial charge in [0, 0.05) is 24.5 Å². The third-order valence-corrected chi connectivity index (χ3v) is 4.77. The summed E-state index contributed by atoms with van der Waals surface area (Å²) in [6.07, 6.45) is 5.17.